The molecule has 0 saturated carbocycles. The Balaban J connectivity index is 1.91. The SMILES string of the molecule is CCNC(=O)Nc1cc(NC(C)c2ccc(C=C[Si](C)(C)O)cc2)cn2c(C(F)(F)F)nnc12. The van der Waals surface area contributed by atoms with E-state index >= 15 is 0 Å². The molecule has 0 aliphatic rings. The Morgan fingerprint density at radius 2 is 1.91 bits per heavy atom. The van der Waals surface area contributed by atoms with Gasteiger partial charge in [0, 0.05) is 18.8 Å². The van der Waals surface area contributed by atoms with E-state index in [0.717, 1.165) is 15.5 Å². The van der Waals surface area contributed by atoms with Gasteiger partial charge in [0.05, 0.1) is 11.4 Å². The van der Waals surface area contributed by atoms with Gasteiger partial charge in [-0.25, -0.2) is 4.79 Å². The number of nitrogens with one attached hydrogen (secondary N) is 3. The molecule has 0 saturated heterocycles. The molecular weight excluding hydrogens is 465 g/mol. The van der Waals surface area contributed by atoms with E-state index < -0.39 is 26.3 Å². The molecule has 2 amide bonds. The molecule has 0 spiro atoms. The number of aromatic nitrogens is 3. The molecule has 0 aliphatic carbocycles. The summed E-state index contributed by atoms with van der Waals surface area (Å²) in [5.74, 6) is -1.19. The zero-order valence-corrected chi connectivity index (χ0v) is 20.2. The smallest absolute Gasteiger partial charge is 0.428 e. The summed E-state index contributed by atoms with van der Waals surface area (Å²) >= 11 is 0. The van der Waals surface area contributed by atoms with Crippen LogP contribution in [0.15, 0.2) is 42.2 Å². The maximum Gasteiger partial charge on any atom is 0.452 e. The number of carbonyl (C=O) groups is 1. The Morgan fingerprint density at radius 1 is 1.24 bits per heavy atom. The van der Waals surface area contributed by atoms with Crippen molar-refractivity contribution in [1.82, 2.24) is 19.9 Å². The van der Waals surface area contributed by atoms with Crippen LogP contribution in [0.1, 0.15) is 36.8 Å². The Labute approximate surface area is 196 Å². The van der Waals surface area contributed by atoms with Gasteiger partial charge in [-0.1, -0.05) is 36.0 Å². The Morgan fingerprint density at radius 3 is 2.50 bits per heavy atom. The first-order valence-corrected chi connectivity index (χ1v) is 13.7. The first kappa shape index (κ1) is 25.2. The van der Waals surface area contributed by atoms with E-state index in [4.69, 9.17) is 0 Å². The molecule has 34 heavy (non-hydrogen) atoms. The van der Waals surface area contributed by atoms with Crippen LogP contribution >= 0.6 is 0 Å². The maximum atomic E-state index is 13.4. The van der Waals surface area contributed by atoms with Gasteiger partial charge in [0.15, 0.2) is 5.65 Å². The van der Waals surface area contributed by atoms with Crippen LogP contribution in [0.4, 0.5) is 29.3 Å². The van der Waals surface area contributed by atoms with Crippen molar-refractivity contribution in [3.05, 3.63) is 59.2 Å². The average molecular weight is 493 g/mol. The molecule has 2 heterocycles. The lowest BCUT2D eigenvalue weighted by atomic mass is 10.1. The van der Waals surface area contributed by atoms with Crippen LogP contribution in [0.2, 0.25) is 13.1 Å². The predicted molar refractivity (Wildman–Crippen MR) is 128 cm³/mol. The van der Waals surface area contributed by atoms with Gasteiger partial charge < -0.3 is 20.7 Å². The van der Waals surface area contributed by atoms with E-state index in [1.807, 2.05) is 56.1 Å². The lowest BCUT2D eigenvalue weighted by Gasteiger charge is -2.18. The number of urea groups is 1. The van der Waals surface area contributed by atoms with Gasteiger partial charge in [-0.2, -0.15) is 13.2 Å². The highest BCUT2D eigenvalue weighted by molar-refractivity contribution is 6.75. The lowest BCUT2D eigenvalue weighted by molar-refractivity contribution is -0.145. The summed E-state index contributed by atoms with van der Waals surface area (Å²) in [4.78, 5) is 22.0. The highest BCUT2D eigenvalue weighted by Gasteiger charge is 2.37. The molecule has 1 aromatic carbocycles. The summed E-state index contributed by atoms with van der Waals surface area (Å²) in [7, 11) is -2.30. The molecule has 1 unspecified atom stereocenters. The number of hydrogen-bond acceptors (Lipinski definition) is 5. The number of hydrogen-bond donors (Lipinski definition) is 4. The fraction of sp³-hybridized carbons (Fsp3) is 0.318. The number of rotatable bonds is 7. The van der Waals surface area contributed by atoms with Crippen LogP contribution in [-0.2, 0) is 6.18 Å². The summed E-state index contributed by atoms with van der Waals surface area (Å²) in [6, 6.07) is 8.28. The molecule has 8 nitrogen and oxygen atoms in total. The third-order valence-corrected chi connectivity index (χ3v) is 5.83. The van der Waals surface area contributed by atoms with Crippen molar-refractivity contribution in [2.45, 2.75) is 39.2 Å². The lowest BCUT2D eigenvalue weighted by Crippen LogP contribution is -2.28. The Bertz CT molecular complexity index is 1190. The fourth-order valence-electron chi connectivity index (χ4n) is 3.21. The summed E-state index contributed by atoms with van der Waals surface area (Å²) in [5, 5.41) is 15.1. The normalized spacial score (nSPS) is 13.3. The van der Waals surface area contributed by atoms with E-state index in [2.05, 4.69) is 26.1 Å². The van der Waals surface area contributed by atoms with Crippen molar-refractivity contribution >= 4 is 37.4 Å². The average Bonchev–Trinajstić information content (AvgIpc) is 3.17. The zero-order chi connectivity index (χ0) is 25.1. The topological polar surface area (TPSA) is 104 Å². The monoisotopic (exact) mass is 492 g/mol. The minimum absolute atomic E-state index is 0.0856. The molecular formula is C22H27F3N6O2Si. The van der Waals surface area contributed by atoms with Gasteiger partial charge >= 0.3 is 12.2 Å². The van der Waals surface area contributed by atoms with Crippen LogP contribution < -0.4 is 16.0 Å². The van der Waals surface area contributed by atoms with E-state index in [1.54, 1.807) is 6.92 Å². The fourth-order valence-corrected chi connectivity index (χ4v) is 3.81. The second-order valence-corrected chi connectivity index (χ2v) is 12.0. The summed E-state index contributed by atoms with van der Waals surface area (Å²) in [6.45, 7) is 7.57. The number of alkyl halides is 3. The minimum Gasteiger partial charge on any atom is -0.428 e. The third kappa shape index (κ3) is 6.35. The van der Waals surface area contributed by atoms with E-state index in [9.17, 15) is 22.8 Å². The molecule has 1 atom stereocenters. The van der Waals surface area contributed by atoms with Crippen LogP contribution in [0.5, 0.6) is 0 Å². The number of halogens is 3. The number of carbonyl (C=O) groups excluding carboxylic acids is 1. The molecule has 12 heteroatoms. The Kier molecular flexibility index (Phi) is 7.31. The molecule has 182 valence electrons. The molecule has 0 bridgehead atoms. The standard InChI is InChI=1S/C22H27F3N6O2Si/c1-5-26-21(32)28-18-12-17(13-31-19(18)29-30-20(31)22(23,24)25)27-14(2)16-8-6-15(7-9-16)10-11-34(3,4)33/h6-14,27,33H,5H2,1-4H3,(H2,26,28,32). The van der Waals surface area contributed by atoms with Gasteiger partial charge in [0.2, 0.25) is 14.1 Å². The number of nitrogens with zero attached hydrogens (tertiary/aromatic N) is 3. The number of pyridine rings is 1. The molecule has 3 rings (SSSR count). The summed E-state index contributed by atoms with van der Waals surface area (Å²) in [6.07, 6.45) is -1.60. The molecule has 0 radical (unpaired) electrons. The number of benzene rings is 1. The van der Waals surface area contributed by atoms with E-state index in [1.165, 1.54) is 12.3 Å². The van der Waals surface area contributed by atoms with Crippen molar-refractivity contribution in [1.29, 1.82) is 0 Å². The van der Waals surface area contributed by atoms with Crippen molar-refractivity contribution in [2.75, 3.05) is 17.2 Å². The van der Waals surface area contributed by atoms with Gasteiger partial charge in [-0.05, 0) is 44.1 Å². The highest BCUT2D eigenvalue weighted by atomic mass is 28.4. The minimum atomic E-state index is -4.72. The molecule has 4 N–H and O–H groups in total. The number of anilines is 2. The molecule has 3 aromatic rings. The van der Waals surface area contributed by atoms with Crippen LogP contribution in [-0.4, -0.2) is 40.3 Å². The number of fused-ring (bicyclic) bond motifs is 1. The van der Waals surface area contributed by atoms with Gasteiger partial charge in [0.25, 0.3) is 0 Å². The van der Waals surface area contributed by atoms with Crippen molar-refractivity contribution in [2.24, 2.45) is 0 Å². The first-order chi connectivity index (χ1) is 15.9. The van der Waals surface area contributed by atoms with Gasteiger partial charge in [0.1, 0.15) is 0 Å². The largest absolute Gasteiger partial charge is 0.452 e. The highest BCUT2D eigenvalue weighted by Crippen LogP contribution is 2.32. The summed E-state index contributed by atoms with van der Waals surface area (Å²) < 4.78 is 41.1. The third-order valence-electron chi connectivity index (χ3n) is 4.85. The maximum absolute atomic E-state index is 13.4. The summed E-state index contributed by atoms with van der Waals surface area (Å²) in [5.41, 5.74) is 3.95. The van der Waals surface area contributed by atoms with E-state index in [0.29, 0.717) is 12.2 Å². The molecule has 2 aromatic heterocycles. The second-order valence-electron chi connectivity index (χ2n) is 8.36. The zero-order valence-electron chi connectivity index (χ0n) is 19.2. The number of amides is 2. The van der Waals surface area contributed by atoms with E-state index in [-0.39, 0.29) is 17.4 Å². The van der Waals surface area contributed by atoms with Crippen LogP contribution in [0.3, 0.4) is 0 Å². The van der Waals surface area contributed by atoms with Gasteiger partial charge in [-0.3, -0.25) is 4.40 Å². The molecule has 0 fully saturated rings. The van der Waals surface area contributed by atoms with Crippen molar-refractivity contribution < 1.29 is 22.8 Å². The first-order valence-electron chi connectivity index (χ1n) is 10.7. The quantitative estimate of drug-likeness (QED) is 0.355. The van der Waals surface area contributed by atoms with Crippen LogP contribution in [0, 0.1) is 0 Å². The van der Waals surface area contributed by atoms with Crippen molar-refractivity contribution in [3.8, 4) is 0 Å². The van der Waals surface area contributed by atoms with Crippen molar-refractivity contribution in [3.63, 3.8) is 0 Å². The predicted octanol–water partition coefficient (Wildman–Crippen LogP) is 4.81. The molecule has 0 aliphatic heterocycles. The van der Waals surface area contributed by atoms with Gasteiger partial charge in [-0.15, -0.1) is 10.2 Å². The Hall–Kier alpha value is -3.38. The second kappa shape index (κ2) is 9.85. The van der Waals surface area contributed by atoms with Crippen LogP contribution in [0.25, 0.3) is 11.7 Å².